The van der Waals surface area contributed by atoms with Crippen LogP contribution in [-0.2, 0) is 19.0 Å². The first-order valence-corrected chi connectivity index (χ1v) is 10.0. The Bertz CT molecular complexity index is 620. The predicted molar refractivity (Wildman–Crippen MR) is 98.9 cm³/mol. The lowest BCUT2D eigenvalue weighted by Crippen LogP contribution is -2.66. The van der Waals surface area contributed by atoms with Gasteiger partial charge in [-0.25, -0.2) is 9.69 Å². The van der Waals surface area contributed by atoms with Gasteiger partial charge in [-0.15, -0.1) is 0 Å². The fraction of sp³-hybridized carbons (Fsp3) is 0.889. The Balaban J connectivity index is 2.16. The van der Waals surface area contributed by atoms with Gasteiger partial charge in [-0.05, 0) is 6.42 Å². The number of carbonyl (C=O) groups is 2. The molecule has 0 aliphatic carbocycles. The Hall–Kier alpha value is -1.42. The van der Waals surface area contributed by atoms with Crippen molar-refractivity contribution in [2.45, 2.75) is 81.9 Å². The highest BCUT2D eigenvalue weighted by atomic mass is 16.6. The normalized spacial score (nSPS) is 40.9. The van der Waals surface area contributed by atoms with E-state index in [1.165, 1.54) is 6.92 Å². The van der Waals surface area contributed by atoms with Crippen molar-refractivity contribution in [2.75, 3.05) is 13.2 Å². The second-order valence-electron chi connectivity index (χ2n) is 7.72. The number of carbonyl (C=O) groups excluding carboxylic acids is 2. The van der Waals surface area contributed by atoms with Crippen LogP contribution in [0.4, 0.5) is 4.79 Å². The van der Waals surface area contributed by atoms with Crippen LogP contribution in [0.2, 0.25) is 0 Å². The zero-order valence-electron chi connectivity index (χ0n) is 17.2. The highest BCUT2D eigenvalue weighted by Crippen LogP contribution is 2.27. The number of ether oxygens (including phenoxy) is 3. The van der Waals surface area contributed by atoms with Crippen molar-refractivity contribution >= 4 is 12.0 Å². The van der Waals surface area contributed by atoms with Gasteiger partial charge in [0.2, 0.25) is 5.91 Å². The second kappa shape index (κ2) is 10.9. The van der Waals surface area contributed by atoms with Gasteiger partial charge in [0, 0.05) is 12.3 Å². The molecule has 13 heteroatoms. The van der Waals surface area contributed by atoms with Crippen molar-refractivity contribution in [3.05, 3.63) is 0 Å². The molecule has 10 atom stereocenters. The molecule has 2 aliphatic rings. The van der Waals surface area contributed by atoms with E-state index in [9.17, 15) is 45.3 Å². The first-order chi connectivity index (χ1) is 14.5. The molecule has 0 aromatic heterocycles. The van der Waals surface area contributed by atoms with Crippen LogP contribution in [0.3, 0.4) is 0 Å². The third-order valence-corrected chi connectivity index (χ3v) is 5.50. The van der Waals surface area contributed by atoms with E-state index < -0.39 is 86.4 Å². The van der Waals surface area contributed by atoms with Crippen molar-refractivity contribution in [1.29, 1.82) is 0 Å². The van der Waals surface area contributed by atoms with E-state index in [1.807, 2.05) is 0 Å². The first kappa shape index (κ1) is 25.8. The largest absolute Gasteiger partial charge is 0.446 e. The summed E-state index contributed by atoms with van der Waals surface area (Å²) in [5.41, 5.74) is 0. The molecule has 0 bridgehead atoms. The Morgan fingerprint density at radius 1 is 0.903 bits per heavy atom. The third kappa shape index (κ3) is 5.50. The summed E-state index contributed by atoms with van der Waals surface area (Å²) in [6, 6.07) is -1.74. The Morgan fingerprint density at radius 2 is 1.48 bits per heavy atom. The Labute approximate surface area is 178 Å². The van der Waals surface area contributed by atoms with Gasteiger partial charge < -0.3 is 50.0 Å². The maximum Gasteiger partial charge on any atom is 0.417 e. The van der Waals surface area contributed by atoms with Gasteiger partial charge in [0.15, 0.2) is 12.6 Å². The summed E-state index contributed by atoms with van der Waals surface area (Å²) in [5, 5.41) is 69.7. The van der Waals surface area contributed by atoms with E-state index in [-0.39, 0.29) is 6.42 Å². The van der Waals surface area contributed by atoms with Crippen LogP contribution in [0.25, 0.3) is 0 Å². The average Bonchev–Trinajstić information content (AvgIpc) is 2.73. The summed E-state index contributed by atoms with van der Waals surface area (Å²) in [6.07, 6.45) is -13.6. The summed E-state index contributed by atoms with van der Waals surface area (Å²) in [6.45, 7) is 1.70. The lowest BCUT2D eigenvalue weighted by atomic mass is 9.93. The minimum absolute atomic E-state index is 0.165. The van der Waals surface area contributed by atoms with E-state index >= 15 is 0 Å². The standard InChI is InChI=1S/C18H31NO12/c1-3-4-10(21)19(11-15(25)13(23)8(5-20)30-17(11)27)18(28)29-6-9-14(24)12(22)7(2)16(26)31-9/h7-9,11-17,20,22-27H,3-6H2,1-2H3/t7-,8-,9-,11-,12-,13-,14-,15-,16?,17?/m1/s1. The van der Waals surface area contributed by atoms with Gasteiger partial charge in [0.25, 0.3) is 0 Å². The van der Waals surface area contributed by atoms with Gasteiger partial charge >= 0.3 is 6.09 Å². The Morgan fingerprint density at radius 3 is 2.06 bits per heavy atom. The molecule has 0 radical (unpaired) electrons. The van der Waals surface area contributed by atoms with Crippen molar-refractivity contribution in [3.63, 3.8) is 0 Å². The number of aliphatic hydroxyl groups is 7. The van der Waals surface area contributed by atoms with Gasteiger partial charge in [-0.3, -0.25) is 4.79 Å². The van der Waals surface area contributed by atoms with Gasteiger partial charge in [0.1, 0.15) is 43.2 Å². The quantitative estimate of drug-likeness (QED) is 0.210. The van der Waals surface area contributed by atoms with Crippen LogP contribution in [0, 0.1) is 5.92 Å². The van der Waals surface area contributed by atoms with E-state index in [0.717, 1.165) is 0 Å². The van der Waals surface area contributed by atoms with E-state index in [2.05, 4.69) is 0 Å². The number of imide groups is 1. The first-order valence-electron chi connectivity index (χ1n) is 10.0. The number of hydrogen-bond acceptors (Lipinski definition) is 12. The smallest absolute Gasteiger partial charge is 0.417 e. The molecule has 7 N–H and O–H groups in total. The van der Waals surface area contributed by atoms with Crippen molar-refractivity contribution in [3.8, 4) is 0 Å². The van der Waals surface area contributed by atoms with Crippen LogP contribution in [0.1, 0.15) is 26.7 Å². The van der Waals surface area contributed by atoms with Gasteiger partial charge in [-0.2, -0.15) is 0 Å². The number of aliphatic hydroxyl groups excluding tert-OH is 7. The summed E-state index contributed by atoms with van der Waals surface area (Å²) >= 11 is 0. The molecule has 2 rings (SSSR count). The lowest BCUT2D eigenvalue weighted by Gasteiger charge is -2.44. The molecule has 2 heterocycles. The summed E-state index contributed by atoms with van der Waals surface area (Å²) < 4.78 is 15.1. The van der Waals surface area contributed by atoms with E-state index in [4.69, 9.17) is 14.2 Å². The minimum atomic E-state index is -1.93. The molecule has 2 unspecified atom stereocenters. The van der Waals surface area contributed by atoms with Crippen molar-refractivity contribution in [2.24, 2.45) is 5.92 Å². The molecule has 31 heavy (non-hydrogen) atoms. The third-order valence-electron chi connectivity index (χ3n) is 5.50. The van der Waals surface area contributed by atoms with Gasteiger partial charge in [0.05, 0.1) is 12.7 Å². The number of nitrogens with zero attached hydrogens (tertiary/aromatic N) is 1. The maximum atomic E-state index is 12.7. The molecule has 0 aromatic rings. The fourth-order valence-corrected chi connectivity index (χ4v) is 3.53. The molecule has 2 fully saturated rings. The highest BCUT2D eigenvalue weighted by molar-refractivity contribution is 5.92. The fourth-order valence-electron chi connectivity index (χ4n) is 3.53. The summed E-state index contributed by atoms with van der Waals surface area (Å²) in [7, 11) is 0. The number of hydrogen-bond donors (Lipinski definition) is 7. The van der Waals surface area contributed by atoms with Gasteiger partial charge in [-0.1, -0.05) is 13.8 Å². The molecule has 0 aromatic carbocycles. The van der Waals surface area contributed by atoms with Crippen LogP contribution in [0.5, 0.6) is 0 Å². The molecule has 180 valence electrons. The SMILES string of the molecule is CCCC(=O)N(C(=O)OC[C@H]1OC(O)[C@H](C)[C@@H](O)[C@@H]1O)[C@H]1C(O)O[C@H](CO)[C@@H](O)[C@@H]1O. The van der Waals surface area contributed by atoms with Crippen LogP contribution in [-0.4, -0.2) is 121 Å². The lowest BCUT2D eigenvalue weighted by molar-refractivity contribution is -0.271. The average molecular weight is 453 g/mol. The summed E-state index contributed by atoms with van der Waals surface area (Å²) in [4.78, 5) is 25.7. The number of rotatable bonds is 6. The van der Waals surface area contributed by atoms with Crippen LogP contribution < -0.4 is 0 Å². The van der Waals surface area contributed by atoms with E-state index in [0.29, 0.717) is 11.3 Å². The zero-order valence-corrected chi connectivity index (χ0v) is 17.2. The zero-order chi connectivity index (χ0) is 23.5. The second-order valence-corrected chi connectivity index (χ2v) is 7.72. The van der Waals surface area contributed by atoms with Crippen molar-refractivity contribution < 1.29 is 59.5 Å². The highest BCUT2D eigenvalue weighted by Gasteiger charge is 2.50. The molecule has 2 saturated heterocycles. The maximum absolute atomic E-state index is 12.7. The predicted octanol–water partition coefficient (Wildman–Crippen LogP) is -3.37. The van der Waals surface area contributed by atoms with Crippen molar-refractivity contribution in [1.82, 2.24) is 4.90 Å². The number of amides is 2. The summed E-state index contributed by atoms with van der Waals surface area (Å²) in [5.74, 6) is -1.64. The molecular formula is C18H31NO12. The van der Waals surface area contributed by atoms with Crippen LogP contribution in [0.15, 0.2) is 0 Å². The molecule has 0 saturated carbocycles. The topological polar surface area (TPSA) is 207 Å². The monoisotopic (exact) mass is 453 g/mol. The van der Waals surface area contributed by atoms with E-state index in [1.54, 1.807) is 6.92 Å². The molecule has 2 aliphatic heterocycles. The molecule has 2 amide bonds. The molecule has 0 spiro atoms. The minimum Gasteiger partial charge on any atom is -0.446 e. The Kier molecular flexibility index (Phi) is 9.12. The molecule has 13 nitrogen and oxygen atoms in total. The molecular weight excluding hydrogens is 422 g/mol. The van der Waals surface area contributed by atoms with Crippen LogP contribution >= 0.6 is 0 Å².